The number of rotatable bonds is 8. The monoisotopic (exact) mass is 305 g/mol. The maximum atomic E-state index is 11.8. The summed E-state index contributed by atoms with van der Waals surface area (Å²) >= 11 is 0. The fourth-order valence-corrected chi connectivity index (χ4v) is 2.04. The number of nitrogens with one attached hydrogen (secondary N) is 1. The van der Waals surface area contributed by atoms with Crippen molar-refractivity contribution in [3.8, 4) is 11.5 Å². The van der Waals surface area contributed by atoms with Crippen molar-refractivity contribution in [2.24, 2.45) is 0 Å². The lowest BCUT2D eigenvalue weighted by molar-refractivity contribution is -0.661. The molecule has 0 unspecified atom stereocenters. The molecule has 0 aliphatic heterocycles. The zero-order chi connectivity index (χ0) is 15.8. The van der Waals surface area contributed by atoms with Crippen LogP contribution in [0.4, 0.5) is 0 Å². The molecule has 0 fully saturated rings. The van der Waals surface area contributed by atoms with Crippen LogP contribution in [0.2, 0.25) is 0 Å². The Kier molecular flexibility index (Phi) is 5.85. The topological polar surface area (TPSA) is 77.3 Å². The van der Waals surface area contributed by atoms with E-state index in [1.807, 2.05) is 35.6 Å². The minimum absolute atomic E-state index is 0.0265. The normalized spacial score (nSPS) is 10.3. The molecule has 2 aromatic rings. The predicted octanol–water partition coefficient (Wildman–Crippen LogP) is 0.677. The molecular weight excluding hydrogens is 284 g/mol. The van der Waals surface area contributed by atoms with Gasteiger partial charge in [0.25, 0.3) is 5.91 Å². The van der Waals surface area contributed by atoms with Crippen molar-refractivity contribution in [1.82, 2.24) is 5.32 Å². The Morgan fingerprint density at radius 3 is 2.73 bits per heavy atom. The number of hydrogen-bond acceptors (Lipinski definition) is 4. The summed E-state index contributed by atoms with van der Waals surface area (Å²) in [5.41, 5.74) is 0.956. The van der Waals surface area contributed by atoms with Gasteiger partial charge >= 0.3 is 0 Å². The van der Waals surface area contributed by atoms with Crippen LogP contribution in [0.1, 0.15) is 11.3 Å². The van der Waals surface area contributed by atoms with Crippen molar-refractivity contribution in [2.45, 2.75) is 13.1 Å². The van der Waals surface area contributed by atoms with Crippen molar-refractivity contribution in [2.75, 3.05) is 20.8 Å². The number of carbonyl (C=O) groups excluding carboxylic acids is 1. The van der Waals surface area contributed by atoms with E-state index in [1.165, 1.54) is 0 Å². The Bertz CT molecular complexity index is 596. The largest absolute Gasteiger partial charge is 0.493 e. The molecule has 1 aromatic heterocycles. The Morgan fingerprint density at radius 1 is 1.23 bits per heavy atom. The molecule has 22 heavy (non-hydrogen) atoms. The first-order valence-electron chi connectivity index (χ1n) is 7.04. The molecule has 0 atom stereocenters. The summed E-state index contributed by atoms with van der Waals surface area (Å²) in [6, 6.07) is 9.29. The third kappa shape index (κ3) is 4.53. The molecule has 0 radical (unpaired) electrons. The first-order valence-corrected chi connectivity index (χ1v) is 7.04. The minimum atomic E-state index is -0.0265. The molecule has 0 spiro atoms. The Balaban J connectivity index is 1.76. The van der Waals surface area contributed by atoms with Gasteiger partial charge in [0, 0.05) is 6.54 Å². The van der Waals surface area contributed by atoms with Gasteiger partial charge in [0.1, 0.15) is 6.54 Å². The average molecular weight is 305 g/mol. The second-order valence-electron chi connectivity index (χ2n) is 4.74. The van der Waals surface area contributed by atoms with Gasteiger partial charge in [-0.1, -0.05) is 6.07 Å². The lowest BCUT2D eigenvalue weighted by Gasteiger charge is -2.10. The van der Waals surface area contributed by atoms with E-state index in [0.717, 1.165) is 11.3 Å². The van der Waals surface area contributed by atoms with Gasteiger partial charge < -0.3 is 24.5 Å². The summed E-state index contributed by atoms with van der Waals surface area (Å²) in [6.07, 6.45) is 1.63. The number of ether oxygens (including phenoxy) is 2. The zero-order valence-electron chi connectivity index (χ0n) is 12.8. The number of methoxy groups -OCH3 is 2. The molecule has 6 heteroatoms. The first kappa shape index (κ1) is 15.9. The van der Waals surface area contributed by atoms with E-state index in [0.29, 0.717) is 31.1 Å². The molecule has 0 aliphatic carbocycles. The third-order valence-electron chi connectivity index (χ3n) is 3.19. The van der Waals surface area contributed by atoms with Gasteiger partial charge in [-0.25, -0.2) is 0 Å². The number of quaternary nitrogens is 1. The quantitative estimate of drug-likeness (QED) is 0.752. The molecule has 0 saturated heterocycles. The molecule has 2 rings (SSSR count). The van der Waals surface area contributed by atoms with E-state index in [2.05, 4.69) is 5.32 Å². The lowest BCUT2D eigenvalue weighted by Crippen LogP contribution is -2.85. The van der Waals surface area contributed by atoms with Gasteiger partial charge in [-0.3, -0.25) is 4.79 Å². The highest BCUT2D eigenvalue weighted by atomic mass is 16.5. The second kappa shape index (κ2) is 8.09. The van der Waals surface area contributed by atoms with Crippen molar-refractivity contribution in [3.05, 3.63) is 47.9 Å². The van der Waals surface area contributed by atoms with Crippen LogP contribution in [0.15, 0.2) is 41.0 Å². The van der Waals surface area contributed by atoms with Gasteiger partial charge in [0.05, 0.1) is 20.5 Å². The Labute approximate surface area is 129 Å². The minimum Gasteiger partial charge on any atom is -0.493 e. The molecule has 0 bridgehead atoms. The van der Waals surface area contributed by atoms with Crippen LogP contribution >= 0.6 is 0 Å². The fraction of sp³-hybridized carbons (Fsp3) is 0.312. The van der Waals surface area contributed by atoms with Crippen LogP contribution in [0.5, 0.6) is 11.5 Å². The second-order valence-corrected chi connectivity index (χ2v) is 4.74. The number of amides is 1. The van der Waals surface area contributed by atoms with Gasteiger partial charge in [-0.05, 0) is 29.8 Å². The number of furan rings is 1. The van der Waals surface area contributed by atoms with E-state index in [1.54, 1.807) is 20.5 Å². The van der Waals surface area contributed by atoms with Gasteiger partial charge in [0.15, 0.2) is 23.8 Å². The molecule has 1 amide bonds. The van der Waals surface area contributed by atoms with E-state index >= 15 is 0 Å². The summed E-state index contributed by atoms with van der Waals surface area (Å²) in [5, 5.41) is 4.76. The number of carbonyl (C=O) groups is 1. The average Bonchev–Trinajstić information content (AvgIpc) is 3.06. The standard InChI is InChI=1S/C16H20N2O4/c1-20-14-6-5-12(8-15(14)21-2)9-18-16(19)11-17-10-13-4-3-7-22-13/h3-8,17H,9-11H2,1-2H3,(H,18,19)/p+1. The molecule has 1 heterocycles. The summed E-state index contributed by atoms with van der Waals surface area (Å²) in [7, 11) is 3.18. The molecule has 3 N–H and O–H groups in total. The van der Waals surface area contributed by atoms with E-state index in [-0.39, 0.29) is 5.91 Å². The Hall–Kier alpha value is -2.47. The molecule has 6 nitrogen and oxygen atoms in total. The SMILES string of the molecule is COc1ccc(CNC(=O)C[NH2+]Cc2ccco2)cc1OC. The Morgan fingerprint density at radius 2 is 2.05 bits per heavy atom. The summed E-state index contributed by atoms with van der Waals surface area (Å²) < 4.78 is 15.6. The van der Waals surface area contributed by atoms with E-state index in [9.17, 15) is 4.79 Å². The summed E-state index contributed by atoms with van der Waals surface area (Å²) in [6.45, 7) is 1.46. The molecule has 1 aromatic carbocycles. The lowest BCUT2D eigenvalue weighted by atomic mass is 10.2. The van der Waals surface area contributed by atoms with Crippen LogP contribution < -0.4 is 20.1 Å². The first-order chi connectivity index (χ1) is 10.7. The summed E-state index contributed by atoms with van der Waals surface area (Å²) in [4.78, 5) is 11.8. The highest BCUT2D eigenvalue weighted by molar-refractivity contribution is 5.76. The van der Waals surface area contributed by atoms with Gasteiger partial charge in [0.2, 0.25) is 0 Å². The number of benzene rings is 1. The maximum Gasteiger partial charge on any atom is 0.275 e. The molecule has 0 saturated carbocycles. The van der Waals surface area contributed by atoms with Crippen LogP contribution in [0.25, 0.3) is 0 Å². The van der Waals surface area contributed by atoms with E-state index < -0.39 is 0 Å². The van der Waals surface area contributed by atoms with Gasteiger partial charge in [-0.2, -0.15) is 0 Å². The maximum absolute atomic E-state index is 11.8. The van der Waals surface area contributed by atoms with E-state index in [4.69, 9.17) is 13.9 Å². The zero-order valence-corrected chi connectivity index (χ0v) is 12.8. The van der Waals surface area contributed by atoms with Crippen molar-refractivity contribution in [3.63, 3.8) is 0 Å². The van der Waals surface area contributed by atoms with Crippen LogP contribution in [0.3, 0.4) is 0 Å². The third-order valence-corrected chi connectivity index (χ3v) is 3.19. The predicted molar refractivity (Wildman–Crippen MR) is 80.6 cm³/mol. The molecular formula is C16H21N2O4+. The molecule has 118 valence electrons. The van der Waals surface area contributed by atoms with Crippen molar-refractivity contribution >= 4 is 5.91 Å². The van der Waals surface area contributed by atoms with Crippen molar-refractivity contribution < 1.29 is 24.0 Å². The smallest absolute Gasteiger partial charge is 0.275 e. The number of hydrogen-bond donors (Lipinski definition) is 2. The highest BCUT2D eigenvalue weighted by Gasteiger charge is 2.07. The molecule has 0 aliphatic rings. The van der Waals surface area contributed by atoms with Crippen LogP contribution in [-0.4, -0.2) is 26.7 Å². The number of nitrogens with two attached hydrogens (primary N) is 1. The van der Waals surface area contributed by atoms with Crippen LogP contribution in [-0.2, 0) is 17.9 Å². The van der Waals surface area contributed by atoms with Crippen molar-refractivity contribution in [1.29, 1.82) is 0 Å². The van der Waals surface area contributed by atoms with Gasteiger partial charge in [-0.15, -0.1) is 0 Å². The highest BCUT2D eigenvalue weighted by Crippen LogP contribution is 2.27. The van der Waals surface area contributed by atoms with Crippen LogP contribution in [0, 0.1) is 0 Å². The summed E-state index contributed by atoms with van der Waals surface area (Å²) in [5.74, 6) is 2.15. The fourth-order valence-electron chi connectivity index (χ4n) is 2.04.